The van der Waals surface area contributed by atoms with Gasteiger partial charge in [-0.1, -0.05) is 0 Å². The van der Waals surface area contributed by atoms with Crippen LogP contribution in [0.5, 0.6) is 17.2 Å². The minimum Gasteiger partial charge on any atom is -0.496 e. The van der Waals surface area contributed by atoms with Crippen molar-refractivity contribution in [1.82, 2.24) is 0 Å². The van der Waals surface area contributed by atoms with E-state index in [0.717, 1.165) is 42.1 Å². The van der Waals surface area contributed by atoms with Crippen LogP contribution < -0.4 is 19.9 Å². The maximum absolute atomic E-state index is 5.49. The molecule has 16 heavy (non-hydrogen) atoms. The third-order valence-electron chi connectivity index (χ3n) is 2.70. The summed E-state index contributed by atoms with van der Waals surface area (Å²) >= 11 is 0. The van der Waals surface area contributed by atoms with Crippen molar-refractivity contribution < 1.29 is 14.2 Å². The lowest BCUT2D eigenvalue weighted by atomic mass is 10.1. The number of benzene rings is 1. The van der Waals surface area contributed by atoms with Gasteiger partial charge in [-0.3, -0.25) is 0 Å². The summed E-state index contributed by atoms with van der Waals surface area (Å²) in [4.78, 5) is 0. The van der Waals surface area contributed by atoms with Gasteiger partial charge in [0.1, 0.15) is 5.75 Å². The fourth-order valence-corrected chi connectivity index (χ4v) is 1.89. The van der Waals surface area contributed by atoms with Crippen LogP contribution in [0.3, 0.4) is 0 Å². The second-order valence-corrected chi connectivity index (χ2v) is 3.73. The maximum atomic E-state index is 5.49. The van der Waals surface area contributed by atoms with Crippen molar-refractivity contribution >= 4 is 0 Å². The SMILES string of the molecule is COc1ccc2c(c1CCCCN)OCO2. The van der Waals surface area contributed by atoms with Gasteiger partial charge in [-0.05, 0) is 37.9 Å². The van der Waals surface area contributed by atoms with E-state index in [0.29, 0.717) is 13.3 Å². The van der Waals surface area contributed by atoms with Crippen LogP contribution >= 0.6 is 0 Å². The molecule has 88 valence electrons. The highest BCUT2D eigenvalue weighted by molar-refractivity contribution is 5.55. The van der Waals surface area contributed by atoms with Crippen molar-refractivity contribution in [2.24, 2.45) is 5.73 Å². The standard InChI is InChI=1S/C12H17NO3/c1-14-10-5-6-11-12(16-8-15-11)9(10)4-2-3-7-13/h5-6H,2-4,7-8,13H2,1H3. The molecular formula is C12H17NO3. The van der Waals surface area contributed by atoms with Crippen molar-refractivity contribution in [2.45, 2.75) is 19.3 Å². The Morgan fingerprint density at radius 1 is 1.31 bits per heavy atom. The first-order valence-electron chi connectivity index (χ1n) is 5.52. The lowest BCUT2D eigenvalue weighted by Gasteiger charge is -2.10. The molecule has 0 aromatic heterocycles. The molecule has 0 spiro atoms. The van der Waals surface area contributed by atoms with E-state index in [-0.39, 0.29) is 0 Å². The lowest BCUT2D eigenvalue weighted by molar-refractivity contribution is 0.173. The molecule has 0 atom stereocenters. The Morgan fingerprint density at radius 3 is 2.94 bits per heavy atom. The number of hydrogen-bond acceptors (Lipinski definition) is 4. The number of hydrogen-bond donors (Lipinski definition) is 1. The van der Waals surface area contributed by atoms with Crippen LogP contribution in [0, 0.1) is 0 Å². The Morgan fingerprint density at radius 2 is 2.19 bits per heavy atom. The second kappa shape index (κ2) is 5.07. The molecule has 0 fully saturated rings. The average Bonchev–Trinajstić information content (AvgIpc) is 2.77. The zero-order chi connectivity index (χ0) is 11.4. The van der Waals surface area contributed by atoms with E-state index in [2.05, 4.69) is 0 Å². The minimum atomic E-state index is 0.298. The quantitative estimate of drug-likeness (QED) is 0.772. The van der Waals surface area contributed by atoms with Crippen LogP contribution in [0.25, 0.3) is 0 Å². The molecule has 4 nitrogen and oxygen atoms in total. The second-order valence-electron chi connectivity index (χ2n) is 3.73. The number of methoxy groups -OCH3 is 1. The Hall–Kier alpha value is -1.42. The van der Waals surface area contributed by atoms with E-state index in [1.165, 1.54) is 0 Å². The first kappa shape index (κ1) is 11.1. The molecule has 0 saturated heterocycles. The van der Waals surface area contributed by atoms with Crippen LogP contribution in [0.1, 0.15) is 18.4 Å². The largest absolute Gasteiger partial charge is 0.496 e. The molecule has 0 unspecified atom stereocenters. The summed E-state index contributed by atoms with van der Waals surface area (Å²) in [6.45, 7) is 1.01. The fraction of sp³-hybridized carbons (Fsp3) is 0.500. The summed E-state index contributed by atoms with van der Waals surface area (Å²) in [5.41, 5.74) is 6.58. The Kier molecular flexibility index (Phi) is 3.51. The number of unbranched alkanes of at least 4 members (excludes halogenated alkanes) is 1. The molecule has 0 saturated carbocycles. The smallest absolute Gasteiger partial charge is 0.231 e. The van der Waals surface area contributed by atoms with E-state index < -0.39 is 0 Å². The number of nitrogens with two attached hydrogens (primary N) is 1. The van der Waals surface area contributed by atoms with Crippen LogP contribution in [0.2, 0.25) is 0 Å². The summed E-state index contributed by atoms with van der Waals surface area (Å²) in [6, 6.07) is 3.80. The van der Waals surface area contributed by atoms with Crippen LogP contribution in [0.15, 0.2) is 12.1 Å². The summed E-state index contributed by atoms with van der Waals surface area (Å²) in [7, 11) is 1.67. The average molecular weight is 223 g/mol. The molecule has 4 heteroatoms. The summed E-state index contributed by atoms with van der Waals surface area (Å²) in [5.74, 6) is 2.50. The molecule has 0 aliphatic carbocycles. The predicted molar refractivity (Wildman–Crippen MR) is 61.1 cm³/mol. The highest BCUT2D eigenvalue weighted by Crippen LogP contribution is 2.41. The van der Waals surface area contributed by atoms with Gasteiger partial charge in [0, 0.05) is 5.56 Å². The van der Waals surface area contributed by atoms with Crippen LogP contribution in [-0.2, 0) is 6.42 Å². The molecule has 1 aliphatic rings. The third-order valence-corrected chi connectivity index (χ3v) is 2.70. The topological polar surface area (TPSA) is 53.7 Å². The number of fused-ring (bicyclic) bond motifs is 1. The van der Waals surface area contributed by atoms with Crippen molar-refractivity contribution in [3.05, 3.63) is 17.7 Å². The van der Waals surface area contributed by atoms with E-state index in [1.807, 2.05) is 12.1 Å². The Bertz CT molecular complexity index is 366. The van der Waals surface area contributed by atoms with Gasteiger partial charge >= 0.3 is 0 Å². The highest BCUT2D eigenvalue weighted by Gasteiger charge is 2.20. The molecule has 1 aliphatic heterocycles. The predicted octanol–water partition coefficient (Wildman–Crippen LogP) is 1.71. The van der Waals surface area contributed by atoms with Crippen molar-refractivity contribution in [2.75, 3.05) is 20.4 Å². The highest BCUT2D eigenvalue weighted by atomic mass is 16.7. The zero-order valence-electron chi connectivity index (χ0n) is 9.49. The maximum Gasteiger partial charge on any atom is 0.231 e. The van der Waals surface area contributed by atoms with Gasteiger partial charge in [0.25, 0.3) is 0 Å². The summed E-state index contributed by atoms with van der Waals surface area (Å²) in [5, 5.41) is 0. The molecule has 0 amide bonds. The monoisotopic (exact) mass is 223 g/mol. The number of ether oxygens (including phenoxy) is 3. The van der Waals surface area contributed by atoms with Crippen LogP contribution in [-0.4, -0.2) is 20.4 Å². The molecular weight excluding hydrogens is 206 g/mol. The zero-order valence-corrected chi connectivity index (χ0v) is 9.49. The minimum absolute atomic E-state index is 0.298. The fourth-order valence-electron chi connectivity index (χ4n) is 1.89. The first-order chi connectivity index (χ1) is 7.86. The van der Waals surface area contributed by atoms with Crippen LogP contribution in [0.4, 0.5) is 0 Å². The normalized spacial score (nSPS) is 12.9. The van der Waals surface area contributed by atoms with Crippen molar-refractivity contribution in [3.63, 3.8) is 0 Å². The van der Waals surface area contributed by atoms with Gasteiger partial charge in [-0.25, -0.2) is 0 Å². The van der Waals surface area contributed by atoms with Gasteiger partial charge < -0.3 is 19.9 Å². The third kappa shape index (κ3) is 2.07. The van der Waals surface area contributed by atoms with Gasteiger partial charge in [0.15, 0.2) is 11.5 Å². The van der Waals surface area contributed by atoms with E-state index in [1.54, 1.807) is 7.11 Å². The molecule has 1 aromatic rings. The molecule has 2 N–H and O–H groups in total. The molecule has 0 bridgehead atoms. The van der Waals surface area contributed by atoms with Gasteiger partial charge in [0.2, 0.25) is 6.79 Å². The Balaban J connectivity index is 2.22. The van der Waals surface area contributed by atoms with Crippen molar-refractivity contribution in [1.29, 1.82) is 0 Å². The molecule has 1 heterocycles. The molecule has 2 rings (SSSR count). The van der Waals surface area contributed by atoms with E-state index in [9.17, 15) is 0 Å². The molecule has 1 aromatic carbocycles. The summed E-state index contributed by atoms with van der Waals surface area (Å²) < 4.78 is 16.1. The van der Waals surface area contributed by atoms with Gasteiger partial charge in [-0.2, -0.15) is 0 Å². The van der Waals surface area contributed by atoms with E-state index in [4.69, 9.17) is 19.9 Å². The van der Waals surface area contributed by atoms with Gasteiger partial charge in [-0.15, -0.1) is 0 Å². The summed E-state index contributed by atoms with van der Waals surface area (Å²) in [6.07, 6.45) is 2.95. The van der Waals surface area contributed by atoms with E-state index >= 15 is 0 Å². The van der Waals surface area contributed by atoms with Gasteiger partial charge in [0.05, 0.1) is 7.11 Å². The Labute approximate surface area is 95.3 Å². The first-order valence-corrected chi connectivity index (χ1v) is 5.52. The molecule has 0 radical (unpaired) electrons. The lowest BCUT2D eigenvalue weighted by Crippen LogP contribution is -2.01. The van der Waals surface area contributed by atoms with Crippen molar-refractivity contribution in [3.8, 4) is 17.2 Å². The number of rotatable bonds is 5.